The number of hydrogen-bond acceptors (Lipinski definition) is 2. The van der Waals surface area contributed by atoms with E-state index < -0.39 is 0 Å². The zero-order valence-corrected chi connectivity index (χ0v) is 10.4. The average molecular weight is 240 g/mol. The molecule has 0 atom stereocenters. The molecule has 88 valence electrons. The van der Waals surface area contributed by atoms with E-state index in [0.29, 0.717) is 11.3 Å². The second-order valence-corrected chi connectivity index (χ2v) is 4.80. The van der Waals surface area contributed by atoms with Gasteiger partial charge in [-0.3, -0.25) is 4.79 Å². The van der Waals surface area contributed by atoms with E-state index in [1.54, 1.807) is 23.9 Å². The van der Waals surface area contributed by atoms with Crippen LogP contribution in [-0.4, -0.2) is 17.3 Å². The van der Waals surface area contributed by atoms with E-state index in [1.807, 2.05) is 0 Å². The largest absolute Gasteiger partial charge is 0.293 e. The lowest BCUT2D eigenvalue weighted by atomic mass is 10.1. The highest BCUT2D eigenvalue weighted by atomic mass is 32.2. The van der Waals surface area contributed by atoms with Gasteiger partial charge in [-0.2, -0.15) is 11.8 Å². The van der Waals surface area contributed by atoms with Gasteiger partial charge < -0.3 is 0 Å². The Morgan fingerprint density at radius 2 is 2.19 bits per heavy atom. The van der Waals surface area contributed by atoms with Gasteiger partial charge in [0.15, 0.2) is 5.78 Å². The van der Waals surface area contributed by atoms with Crippen molar-refractivity contribution in [1.82, 2.24) is 0 Å². The zero-order chi connectivity index (χ0) is 11.8. The van der Waals surface area contributed by atoms with Crippen LogP contribution in [0.15, 0.2) is 24.3 Å². The Labute approximate surface area is 100 Å². The molecule has 1 aromatic carbocycles. The number of rotatable bonds is 7. The average Bonchev–Trinajstić information content (AvgIpc) is 2.28. The van der Waals surface area contributed by atoms with Gasteiger partial charge in [-0.05, 0) is 24.3 Å². The lowest BCUT2D eigenvalue weighted by molar-refractivity contribution is 0.102. The Kier molecular flexibility index (Phi) is 6.16. The zero-order valence-electron chi connectivity index (χ0n) is 9.54. The van der Waals surface area contributed by atoms with E-state index in [1.165, 1.54) is 25.0 Å². The molecule has 1 nitrogen and oxygen atoms in total. The molecule has 0 unspecified atom stereocenters. The first-order valence-corrected chi connectivity index (χ1v) is 6.76. The SMILES string of the molecule is CCCCCSCC(=O)c1cccc(F)c1. The predicted molar refractivity (Wildman–Crippen MR) is 67.6 cm³/mol. The smallest absolute Gasteiger partial charge is 0.172 e. The van der Waals surface area contributed by atoms with Crippen molar-refractivity contribution >= 4 is 17.5 Å². The molecule has 0 spiro atoms. The topological polar surface area (TPSA) is 17.1 Å². The summed E-state index contributed by atoms with van der Waals surface area (Å²) in [6, 6.07) is 5.89. The van der Waals surface area contributed by atoms with Crippen LogP contribution in [0.4, 0.5) is 4.39 Å². The minimum Gasteiger partial charge on any atom is -0.293 e. The number of carbonyl (C=O) groups excluding carboxylic acids is 1. The number of thioether (sulfide) groups is 1. The lowest BCUT2D eigenvalue weighted by Gasteiger charge is -2.01. The molecule has 0 heterocycles. The van der Waals surface area contributed by atoms with Crippen LogP contribution in [0.1, 0.15) is 36.5 Å². The summed E-state index contributed by atoms with van der Waals surface area (Å²) in [5.41, 5.74) is 0.475. The summed E-state index contributed by atoms with van der Waals surface area (Å²) in [6.07, 6.45) is 3.55. The van der Waals surface area contributed by atoms with Crippen molar-refractivity contribution in [3.8, 4) is 0 Å². The van der Waals surface area contributed by atoms with Crippen LogP contribution >= 0.6 is 11.8 Å². The molecule has 0 aromatic heterocycles. The summed E-state index contributed by atoms with van der Waals surface area (Å²) in [6.45, 7) is 2.16. The van der Waals surface area contributed by atoms with Gasteiger partial charge in [0.2, 0.25) is 0 Å². The summed E-state index contributed by atoms with van der Waals surface area (Å²) in [7, 11) is 0. The molecule has 1 aromatic rings. The van der Waals surface area contributed by atoms with Gasteiger partial charge in [0, 0.05) is 5.56 Å². The number of ketones is 1. The molecule has 16 heavy (non-hydrogen) atoms. The van der Waals surface area contributed by atoms with Gasteiger partial charge in [0.1, 0.15) is 5.82 Å². The maximum Gasteiger partial charge on any atom is 0.172 e. The van der Waals surface area contributed by atoms with Crippen LogP contribution in [0.5, 0.6) is 0 Å². The Hall–Kier alpha value is -0.830. The molecular formula is C13H17FOS. The summed E-state index contributed by atoms with van der Waals surface area (Å²) in [5.74, 6) is 1.13. The minimum absolute atomic E-state index is 0.0148. The lowest BCUT2D eigenvalue weighted by Crippen LogP contribution is -2.03. The molecule has 0 N–H and O–H groups in total. The predicted octanol–water partition coefficient (Wildman–Crippen LogP) is 3.93. The van der Waals surface area contributed by atoms with Gasteiger partial charge in [-0.1, -0.05) is 31.9 Å². The number of benzene rings is 1. The van der Waals surface area contributed by atoms with Crippen LogP contribution in [0.2, 0.25) is 0 Å². The summed E-state index contributed by atoms with van der Waals surface area (Å²) in [5, 5.41) is 0. The van der Waals surface area contributed by atoms with Gasteiger partial charge in [-0.25, -0.2) is 4.39 Å². The Morgan fingerprint density at radius 3 is 2.88 bits per heavy atom. The first-order chi connectivity index (χ1) is 7.74. The fraction of sp³-hybridized carbons (Fsp3) is 0.462. The van der Waals surface area contributed by atoms with Crippen LogP contribution in [0.3, 0.4) is 0 Å². The maximum absolute atomic E-state index is 12.9. The van der Waals surface area contributed by atoms with Crippen molar-refractivity contribution in [1.29, 1.82) is 0 Å². The highest BCUT2D eigenvalue weighted by Gasteiger charge is 2.06. The molecule has 0 bridgehead atoms. The Balaban J connectivity index is 2.30. The van der Waals surface area contributed by atoms with Crippen LogP contribution in [0.25, 0.3) is 0 Å². The van der Waals surface area contributed by atoms with Gasteiger partial charge in [-0.15, -0.1) is 0 Å². The molecule has 3 heteroatoms. The third-order valence-corrected chi connectivity index (χ3v) is 3.32. The maximum atomic E-state index is 12.9. The monoisotopic (exact) mass is 240 g/mol. The third kappa shape index (κ3) is 4.79. The molecule has 0 aliphatic heterocycles. The molecule has 0 aliphatic carbocycles. The van der Waals surface area contributed by atoms with E-state index in [0.717, 1.165) is 12.2 Å². The van der Waals surface area contributed by atoms with E-state index in [-0.39, 0.29) is 11.6 Å². The number of Topliss-reactive ketones (excluding diaryl/α,β-unsaturated/α-hetero) is 1. The highest BCUT2D eigenvalue weighted by molar-refractivity contribution is 7.99. The van der Waals surface area contributed by atoms with Crippen LogP contribution in [-0.2, 0) is 0 Å². The van der Waals surface area contributed by atoms with E-state index in [9.17, 15) is 9.18 Å². The summed E-state index contributed by atoms with van der Waals surface area (Å²) < 4.78 is 12.9. The molecule has 1 rings (SSSR count). The van der Waals surface area contributed by atoms with E-state index in [4.69, 9.17) is 0 Å². The normalized spacial score (nSPS) is 10.4. The van der Waals surface area contributed by atoms with Gasteiger partial charge >= 0.3 is 0 Å². The van der Waals surface area contributed by atoms with Gasteiger partial charge in [0.25, 0.3) is 0 Å². The number of unbranched alkanes of at least 4 members (excludes halogenated alkanes) is 2. The Morgan fingerprint density at radius 1 is 1.38 bits per heavy atom. The summed E-state index contributed by atoms with van der Waals surface area (Å²) >= 11 is 1.63. The molecule has 0 fully saturated rings. The van der Waals surface area contributed by atoms with Crippen LogP contribution in [0, 0.1) is 5.82 Å². The molecular weight excluding hydrogens is 223 g/mol. The molecule has 0 saturated carbocycles. The summed E-state index contributed by atoms with van der Waals surface area (Å²) in [4.78, 5) is 11.6. The van der Waals surface area contributed by atoms with Crippen molar-refractivity contribution in [3.63, 3.8) is 0 Å². The van der Waals surface area contributed by atoms with Crippen molar-refractivity contribution < 1.29 is 9.18 Å². The number of halogens is 1. The standard InChI is InChI=1S/C13H17FOS/c1-2-3-4-8-16-10-13(15)11-6-5-7-12(14)9-11/h5-7,9H,2-4,8,10H2,1H3. The third-order valence-electron chi connectivity index (χ3n) is 2.27. The van der Waals surface area contributed by atoms with Crippen LogP contribution < -0.4 is 0 Å². The molecule has 0 saturated heterocycles. The fourth-order valence-electron chi connectivity index (χ4n) is 1.36. The van der Waals surface area contributed by atoms with Crippen molar-refractivity contribution in [2.45, 2.75) is 26.2 Å². The fourth-order valence-corrected chi connectivity index (χ4v) is 2.27. The molecule has 0 amide bonds. The van der Waals surface area contributed by atoms with E-state index >= 15 is 0 Å². The number of carbonyl (C=O) groups is 1. The Bertz CT molecular complexity index is 338. The van der Waals surface area contributed by atoms with Crippen molar-refractivity contribution in [2.24, 2.45) is 0 Å². The first kappa shape index (κ1) is 13.2. The van der Waals surface area contributed by atoms with E-state index in [2.05, 4.69) is 6.92 Å². The second-order valence-electron chi connectivity index (χ2n) is 3.69. The highest BCUT2D eigenvalue weighted by Crippen LogP contribution is 2.11. The number of hydrogen-bond donors (Lipinski definition) is 0. The van der Waals surface area contributed by atoms with Crippen molar-refractivity contribution in [3.05, 3.63) is 35.6 Å². The molecule has 0 aliphatic rings. The van der Waals surface area contributed by atoms with Gasteiger partial charge in [0.05, 0.1) is 5.75 Å². The molecule has 0 radical (unpaired) electrons. The quantitative estimate of drug-likeness (QED) is 0.530. The first-order valence-electron chi connectivity index (χ1n) is 5.60. The second kappa shape index (κ2) is 7.44. The van der Waals surface area contributed by atoms with Crippen molar-refractivity contribution in [2.75, 3.05) is 11.5 Å². The minimum atomic E-state index is -0.346.